The number of phosphoric ester groups is 1. The molecule has 1 aromatic heterocycles. The third-order valence-electron chi connectivity index (χ3n) is 4.62. The average molecular weight is 470 g/mol. The molecule has 4 N–H and O–H groups in total. The Balaban J connectivity index is 0.000000219. The Labute approximate surface area is 179 Å². The number of esters is 2. The van der Waals surface area contributed by atoms with Crippen molar-refractivity contribution in [3.8, 4) is 0 Å². The molecule has 32 heavy (non-hydrogen) atoms. The number of hydrogen-bond donors (Lipinski definition) is 4. The number of phosphoric acid groups is 1. The van der Waals surface area contributed by atoms with Crippen molar-refractivity contribution in [1.82, 2.24) is 9.55 Å². The van der Waals surface area contributed by atoms with Gasteiger partial charge in [-0.15, -0.1) is 0 Å². The highest BCUT2D eigenvalue weighted by Crippen LogP contribution is 2.38. The molecule has 14 heteroatoms. The summed E-state index contributed by atoms with van der Waals surface area (Å²) in [6.07, 6.45) is -1.57. The maximum Gasteiger partial charge on any atom is 0.469 e. The minimum absolute atomic E-state index is 0.0283. The second kappa shape index (κ2) is 9.28. The van der Waals surface area contributed by atoms with Gasteiger partial charge in [0.1, 0.15) is 12.3 Å². The van der Waals surface area contributed by atoms with Crippen LogP contribution >= 0.6 is 7.82 Å². The van der Waals surface area contributed by atoms with Gasteiger partial charge in [-0.2, -0.15) is 0 Å². The Morgan fingerprint density at radius 2 is 1.75 bits per heavy atom. The van der Waals surface area contributed by atoms with Crippen LogP contribution in [0.5, 0.6) is 0 Å². The summed E-state index contributed by atoms with van der Waals surface area (Å²) < 4.78 is 25.7. The summed E-state index contributed by atoms with van der Waals surface area (Å²) in [5.41, 5.74) is -0.201. The van der Waals surface area contributed by atoms with Gasteiger partial charge in [0.25, 0.3) is 5.56 Å². The fraction of sp³-hybridized carbons (Fsp3) is 0.333. The van der Waals surface area contributed by atoms with Crippen LogP contribution in [0.1, 0.15) is 38.9 Å². The van der Waals surface area contributed by atoms with Gasteiger partial charge in [-0.05, 0) is 19.1 Å². The maximum atomic E-state index is 11.7. The molecule has 0 amide bonds. The molecule has 2 aromatic rings. The van der Waals surface area contributed by atoms with Crippen LogP contribution in [0.15, 0.2) is 40.1 Å². The summed E-state index contributed by atoms with van der Waals surface area (Å²) in [6.45, 7) is 0.994. The zero-order chi connectivity index (χ0) is 23.6. The summed E-state index contributed by atoms with van der Waals surface area (Å²) in [4.78, 5) is 64.0. The molecular weight excluding hydrogens is 451 g/mol. The second-order valence-electron chi connectivity index (χ2n) is 6.92. The summed E-state index contributed by atoms with van der Waals surface area (Å²) in [6, 6.07) is 6.53. The van der Waals surface area contributed by atoms with Crippen LogP contribution in [0.25, 0.3) is 0 Å². The van der Waals surface area contributed by atoms with Gasteiger partial charge in [-0.3, -0.25) is 18.9 Å². The topological polar surface area (TPSA) is 194 Å². The summed E-state index contributed by atoms with van der Waals surface area (Å²) in [7, 11) is -4.67. The predicted molar refractivity (Wildman–Crippen MR) is 105 cm³/mol. The highest BCUT2D eigenvalue weighted by molar-refractivity contribution is 7.46. The molecular formula is C18H19N2O11P. The molecule has 0 saturated carbocycles. The minimum Gasteiger partial charge on any atom is -0.390 e. The molecule has 0 radical (unpaired) electrons. The lowest BCUT2D eigenvalue weighted by Gasteiger charge is -2.16. The van der Waals surface area contributed by atoms with E-state index in [0.29, 0.717) is 16.7 Å². The van der Waals surface area contributed by atoms with Gasteiger partial charge in [-0.1, -0.05) is 12.1 Å². The number of aliphatic hydroxyl groups excluding tert-OH is 1. The van der Waals surface area contributed by atoms with E-state index in [1.165, 1.54) is 13.1 Å². The number of aromatic nitrogens is 2. The van der Waals surface area contributed by atoms with Crippen molar-refractivity contribution in [2.75, 3.05) is 6.61 Å². The maximum absolute atomic E-state index is 11.7. The number of aryl methyl sites for hydroxylation is 1. The van der Waals surface area contributed by atoms with E-state index in [4.69, 9.17) is 14.5 Å². The van der Waals surface area contributed by atoms with Crippen LogP contribution in [0.4, 0.5) is 0 Å². The number of fused-ring (bicyclic) bond motifs is 1. The van der Waals surface area contributed by atoms with E-state index in [-0.39, 0.29) is 6.42 Å². The lowest BCUT2D eigenvalue weighted by Crippen LogP contribution is -2.33. The van der Waals surface area contributed by atoms with Crippen LogP contribution in [0, 0.1) is 6.92 Å². The van der Waals surface area contributed by atoms with E-state index in [2.05, 4.69) is 14.2 Å². The van der Waals surface area contributed by atoms with Crippen molar-refractivity contribution in [2.45, 2.75) is 31.8 Å². The number of aliphatic hydroxyl groups is 1. The van der Waals surface area contributed by atoms with Crippen LogP contribution < -0.4 is 11.2 Å². The summed E-state index contributed by atoms with van der Waals surface area (Å²) in [5.74, 6) is -1.10. The number of nitrogens with one attached hydrogen (secondary N) is 1. The fourth-order valence-corrected chi connectivity index (χ4v) is 3.38. The summed E-state index contributed by atoms with van der Waals surface area (Å²) in [5, 5.41) is 9.79. The van der Waals surface area contributed by atoms with E-state index in [1.807, 2.05) is 0 Å². The summed E-state index contributed by atoms with van der Waals surface area (Å²) >= 11 is 0. The van der Waals surface area contributed by atoms with Crippen LogP contribution in [-0.4, -0.2) is 55.2 Å². The number of cyclic esters (lactones) is 2. The van der Waals surface area contributed by atoms with E-state index in [0.717, 1.165) is 4.57 Å². The van der Waals surface area contributed by atoms with Gasteiger partial charge in [0, 0.05) is 18.2 Å². The van der Waals surface area contributed by atoms with Crippen LogP contribution in [0.3, 0.4) is 0 Å². The van der Waals surface area contributed by atoms with Crippen molar-refractivity contribution < 1.29 is 43.0 Å². The molecule has 3 atom stereocenters. The van der Waals surface area contributed by atoms with Gasteiger partial charge in [-0.25, -0.2) is 18.9 Å². The van der Waals surface area contributed by atoms with E-state index in [9.17, 15) is 28.8 Å². The molecule has 172 valence electrons. The molecule has 2 aliphatic rings. The monoisotopic (exact) mass is 470 g/mol. The molecule has 4 rings (SSSR count). The first-order chi connectivity index (χ1) is 15.0. The molecule has 0 bridgehead atoms. The van der Waals surface area contributed by atoms with Crippen molar-refractivity contribution in [3.63, 3.8) is 0 Å². The Morgan fingerprint density at radius 1 is 1.16 bits per heavy atom. The Kier molecular flexibility index (Phi) is 6.88. The lowest BCUT2D eigenvalue weighted by molar-refractivity contribution is -0.0451. The van der Waals surface area contributed by atoms with Gasteiger partial charge in [0.2, 0.25) is 0 Å². The Morgan fingerprint density at radius 3 is 2.31 bits per heavy atom. The molecule has 1 saturated heterocycles. The number of H-pyrrole nitrogens is 1. The first-order valence-corrected chi connectivity index (χ1v) is 10.7. The highest BCUT2D eigenvalue weighted by atomic mass is 31.2. The SMILES string of the molecule is Cc1cn([C@H]2C[C@H](O)[C@@H](COP(=O)(O)O)O2)c(=O)[nH]c1=O.O=C1OC(=O)c2ccccc21. The van der Waals surface area contributed by atoms with Gasteiger partial charge in [0.05, 0.1) is 23.8 Å². The zero-order valence-corrected chi connectivity index (χ0v) is 17.4. The third kappa shape index (κ3) is 5.46. The Bertz CT molecular complexity index is 1160. The number of rotatable bonds is 4. The van der Waals surface area contributed by atoms with E-state index < -0.39 is 56.1 Å². The molecule has 13 nitrogen and oxygen atoms in total. The van der Waals surface area contributed by atoms with E-state index in [1.54, 1.807) is 24.3 Å². The molecule has 2 aliphatic heterocycles. The van der Waals surface area contributed by atoms with Crippen molar-refractivity contribution in [3.05, 3.63) is 68.0 Å². The highest BCUT2D eigenvalue weighted by Gasteiger charge is 2.37. The van der Waals surface area contributed by atoms with Gasteiger partial charge in [0.15, 0.2) is 0 Å². The number of ether oxygens (including phenoxy) is 2. The molecule has 0 aliphatic carbocycles. The number of carbonyl (C=O) groups is 2. The molecule has 0 spiro atoms. The normalized spacial score (nSPS) is 22.2. The quantitative estimate of drug-likeness (QED) is 0.258. The van der Waals surface area contributed by atoms with Crippen molar-refractivity contribution in [1.29, 1.82) is 0 Å². The molecule has 3 heterocycles. The largest absolute Gasteiger partial charge is 0.469 e. The fourth-order valence-electron chi connectivity index (χ4n) is 3.04. The van der Waals surface area contributed by atoms with Crippen LogP contribution in [0.2, 0.25) is 0 Å². The van der Waals surface area contributed by atoms with Crippen molar-refractivity contribution in [2.24, 2.45) is 0 Å². The smallest absolute Gasteiger partial charge is 0.390 e. The molecule has 0 unspecified atom stereocenters. The predicted octanol–water partition coefficient (Wildman–Crippen LogP) is -0.400. The van der Waals surface area contributed by atoms with Crippen molar-refractivity contribution >= 4 is 19.8 Å². The number of benzene rings is 1. The first kappa shape index (κ1) is 23.7. The minimum atomic E-state index is -4.67. The first-order valence-electron chi connectivity index (χ1n) is 9.17. The molecule has 1 fully saturated rings. The number of aromatic amines is 1. The van der Waals surface area contributed by atoms with Crippen LogP contribution in [-0.2, 0) is 18.6 Å². The standard InChI is InChI=1S/C10H15N2O8P.C8H4O3/c1-5-3-12(10(15)11-9(5)14)8-2-6(13)7(20-8)4-19-21(16,17)18;9-7-5-3-1-2-4-6(5)8(10)11-7/h3,6-8,13H,2,4H2,1H3,(H,11,14,15)(H2,16,17,18);1-4H/t6-,7+,8+;/m0./s1. The number of hydrogen-bond acceptors (Lipinski definition) is 9. The third-order valence-corrected chi connectivity index (χ3v) is 5.10. The zero-order valence-electron chi connectivity index (χ0n) is 16.5. The Hall–Kier alpha value is -2.93. The second-order valence-corrected chi connectivity index (χ2v) is 8.16. The number of nitrogens with zero attached hydrogens (tertiary/aromatic N) is 1. The number of carbonyl (C=O) groups excluding carboxylic acids is 2. The van der Waals surface area contributed by atoms with Gasteiger partial charge < -0.3 is 24.4 Å². The average Bonchev–Trinajstić information content (AvgIpc) is 3.22. The van der Waals surface area contributed by atoms with E-state index >= 15 is 0 Å². The molecule has 1 aromatic carbocycles. The van der Waals surface area contributed by atoms with Gasteiger partial charge >= 0.3 is 25.5 Å². The lowest BCUT2D eigenvalue weighted by atomic mass is 10.1.